The van der Waals surface area contributed by atoms with Gasteiger partial charge >= 0.3 is 0 Å². The highest BCUT2D eigenvalue weighted by Gasteiger charge is 2.09. The zero-order valence-corrected chi connectivity index (χ0v) is 11.6. The number of anilines is 1. The van der Waals surface area contributed by atoms with Crippen molar-refractivity contribution in [2.45, 2.75) is 12.8 Å². The summed E-state index contributed by atoms with van der Waals surface area (Å²) < 4.78 is 0. The van der Waals surface area contributed by atoms with Crippen LogP contribution in [0.2, 0.25) is 5.02 Å². The van der Waals surface area contributed by atoms with Gasteiger partial charge in [-0.2, -0.15) is 0 Å². The molecule has 0 aliphatic heterocycles. The number of nitrogen functional groups attached to an aromatic ring is 1. The Labute approximate surface area is 113 Å². The van der Waals surface area contributed by atoms with Crippen LogP contribution >= 0.6 is 11.6 Å². The lowest BCUT2D eigenvalue weighted by Crippen LogP contribution is -2.25. The van der Waals surface area contributed by atoms with E-state index in [0.717, 1.165) is 19.4 Å². The van der Waals surface area contributed by atoms with Crippen molar-refractivity contribution in [1.29, 1.82) is 0 Å². The number of hydrogen-bond donors (Lipinski definition) is 2. The van der Waals surface area contributed by atoms with E-state index in [9.17, 15) is 4.79 Å². The maximum absolute atomic E-state index is 11.9. The molecule has 0 spiro atoms. The second-order valence-electron chi connectivity index (χ2n) is 4.51. The second kappa shape index (κ2) is 7.24. The van der Waals surface area contributed by atoms with Crippen molar-refractivity contribution in [3.8, 4) is 0 Å². The number of nitrogens with two attached hydrogens (primary N) is 1. The SMILES string of the molecule is CN(C)CCCCNC(=O)c1cc(N)ccc1Cl. The maximum Gasteiger partial charge on any atom is 0.252 e. The van der Waals surface area contributed by atoms with E-state index in [1.807, 2.05) is 14.1 Å². The van der Waals surface area contributed by atoms with E-state index < -0.39 is 0 Å². The van der Waals surface area contributed by atoms with Crippen LogP contribution in [0, 0.1) is 0 Å². The number of halogens is 1. The smallest absolute Gasteiger partial charge is 0.252 e. The minimum Gasteiger partial charge on any atom is -0.399 e. The Morgan fingerprint density at radius 3 is 2.78 bits per heavy atom. The zero-order valence-electron chi connectivity index (χ0n) is 10.9. The summed E-state index contributed by atoms with van der Waals surface area (Å²) in [4.78, 5) is 14.0. The second-order valence-corrected chi connectivity index (χ2v) is 4.91. The summed E-state index contributed by atoms with van der Waals surface area (Å²) >= 11 is 5.95. The van der Waals surface area contributed by atoms with Crippen LogP contribution in [0.4, 0.5) is 5.69 Å². The van der Waals surface area contributed by atoms with Crippen molar-refractivity contribution in [3.63, 3.8) is 0 Å². The fourth-order valence-electron chi connectivity index (χ4n) is 1.57. The lowest BCUT2D eigenvalue weighted by molar-refractivity contribution is 0.0953. The molecule has 0 bridgehead atoms. The summed E-state index contributed by atoms with van der Waals surface area (Å²) in [6.45, 7) is 1.67. The molecule has 1 aromatic rings. The van der Waals surface area contributed by atoms with Gasteiger partial charge < -0.3 is 16.0 Å². The normalized spacial score (nSPS) is 10.7. The topological polar surface area (TPSA) is 58.4 Å². The number of nitrogens with one attached hydrogen (secondary N) is 1. The van der Waals surface area contributed by atoms with E-state index in [2.05, 4.69) is 10.2 Å². The fourth-order valence-corrected chi connectivity index (χ4v) is 1.77. The van der Waals surface area contributed by atoms with Crippen LogP contribution in [0.1, 0.15) is 23.2 Å². The number of rotatable bonds is 6. The summed E-state index contributed by atoms with van der Waals surface area (Å²) in [5.41, 5.74) is 6.60. The average Bonchev–Trinajstić information content (AvgIpc) is 2.31. The van der Waals surface area contributed by atoms with Crippen molar-refractivity contribution in [3.05, 3.63) is 28.8 Å². The molecular formula is C13H20ClN3O. The summed E-state index contributed by atoms with van der Waals surface area (Å²) in [5, 5.41) is 3.27. The standard InChI is InChI=1S/C13H20ClN3O/c1-17(2)8-4-3-7-16-13(18)11-9-10(15)5-6-12(11)14/h5-6,9H,3-4,7-8,15H2,1-2H3,(H,16,18). The molecule has 0 atom stereocenters. The van der Waals surface area contributed by atoms with Crippen LogP contribution in [-0.4, -0.2) is 38.0 Å². The van der Waals surface area contributed by atoms with E-state index in [4.69, 9.17) is 17.3 Å². The van der Waals surface area contributed by atoms with Crippen molar-refractivity contribution >= 4 is 23.2 Å². The molecular weight excluding hydrogens is 250 g/mol. The van der Waals surface area contributed by atoms with E-state index >= 15 is 0 Å². The first-order chi connectivity index (χ1) is 8.50. The van der Waals surface area contributed by atoms with Gasteiger partial charge in [-0.1, -0.05) is 11.6 Å². The van der Waals surface area contributed by atoms with Crippen LogP contribution in [0.25, 0.3) is 0 Å². The number of nitrogens with zero attached hydrogens (tertiary/aromatic N) is 1. The molecule has 5 heteroatoms. The van der Waals surface area contributed by atoms with Crippen LogP contribution in [-0.2, 0) is 0 Å². The highest BCUT2D eigenvalue weighted by molar-refractivity contribution is 6.34. The molecule has 0 aliphatic carbocycles. The third-order valence-electron chi connectivity index (χ3n) is 2.55. The largest absolute Gasteiger partial charge is 0.399 e. The van der Waals surface area contributed by atoms with Crippen molar-refractivity contribution < 1.29 is 4.79 Å². The first-order valence-electron chi connectivity index (χ1n) is 5.98. The van der Waals surface area contributed by atoms with Gasteiger partial charge in [0.05, 0.1) is 10.6 Å². The quantitative estimate of drug-likeness (QED) is 0.613. The molecule has 18 heavy (non-hydrogen) atoms. The van der Waals surface area contributed by atoms with Gasteiger partial charge in [-0.25, -0.2) is 0 Å². The monoisotopic (exact) mass is 269 g/mol. The molecule has 0 aromatic heterocycles. The highest BCUT2D eigenvalue weighted by Crippen LogP contribution is 2.18. The van der Waals surface area contributed by atoms with Crippen molar-refractivity contribution in [1.82, 2.24) is 10.2 Å². The molecule has 1 amide bonds. The lowest BCUT2D eigenvalue weighted by Gasteiger charge is -2.10. The van der Waals surface area contributed by atoms with E-state index in [1.165, 1.54) is 0 Å². The Morgan fingerprint density at radius 1 is 1.39 bits per heavy atom. The van der Waals surface area contributed by atoms with Gasteiger partial charge in [-0.15, -0.1) is 0 Å². The minimum atomic E-state index is -0.169. The molecule has 0 aliphatic rings. The predicted molar refractivity (Wildman–Crippen MR) is 76.0 cm³/mol. The van der Waals surface area contributed by atoms with Crippen LogP contribution in [0.15, 0.2) is 18.2 Å². The summed E-state index contributed by atoms with van der Waals surface area (Å²) in [6.07, 6.45) is 2.00. The van der Waals surface area contributed by atoms with Gasteiger partial charge in [0.25, 0.3) is 5.91 Å². The van der Waals surface area contributed by atoms with E-state index in [1.54, 1.807) is 18.2 Å². The Hall–Kier alpha value is -1.26. The Morgan fingerprint density at radius 2 is 2.11 bits per heavy atom. The Bertz CT molecular complexity index is 407. The molecule has 1 aromatic carbocycles. The van der Waals surface area contributed by atoms with Crippen LogP contribution in [0.5, 0.6) is 0 Å². The molecule has 0 saturated heterocycles. The molecule has 3 N–H and O–H groups in total. The highest BCUT2D eigenvalue weighted by atomic mass is 35.5. The molecule has 100 valence electrons. The molecule has 0 radical (unpaired) electrons. The van der Waals surface area contributed by atoms with Gasteiger partial charge in [0.2, 0.25) is 0 Å². The van der Waals surface area contributed by atoms with E-state index in [0.29, 0.717) is 22.8 Å². The number of benzene rings is 1. The predicted octanol–water partition coefficient (Wildman–Crippen LogP) is 1.99. The van der Waals surface area contributed by atoms with Crippen molar-refractivity contribution in [2.75, 3.05) is 32.9 Å². The first-order valence-corrected chi connectivity index (χ1v) is 6.36. The number of carbonyl (C=O) groups excluding carboxylic acids is 1. The Balaban J connectivity index is 2.39. The van der Waals surface area contributed by atoms with Gasteiger partial charge in [0.1, 0.15) is 0 Å². The van der Waals surface area contributed by atoms with Gasteiger partial charge in [0.15, 0.2) is 0 Å². The van der Waals surface area contributed by atoms with Gasteiger partial charge in [0, 0.05) is 12.2 Å². The summed E-state index contributed by atoms with van der Waals surface area (Å²) in [7, 11) is 4.07. The van der Waals surface area contributed by atoms with Crippen molar-refractivity contribution in [2.24, 2.45) is 0 Å². The maximum atomic E-state index is 11.9. The molecule has 4 nitrogen and oxygen atoms in total. The van der Waals surface area contributed by atoms with Gasteiger partial charge in [-0.3, -0.25) is 4.79 Å². The number of carbonyl (C=O) groups is 1. The third-order valence-corrected chi connectivity index (χ3v) is 2.88. The molecule has 1 rings (SSSR count). The fraction of sp³-hybridized carbons (Fsp3) is 0.462. The summed E-state index contributed by atoms with van der Waals surface area (Å²) in [5.74, 6) is -0.169. The third kappa shape index (κ3) is 4.94. The first kappa shape index (κ1) is 14.8. The van der Waals surface area contributed by atoms with Crippen LogP contribution in [0.3, 0.4) is 0 Å². The number of unbranched alkanes of at least 4 members (excludes halogenated alkanes) is 1. The Kier molecular flexibility index (Phi) is 5.95. The zero-order chi connectivity index (χ0) is 13.5. The lowest BCUT2D eigenvalue weighted by atomic mass is 10.2. The average molecular weight is 270 g/mol. The van der Waals surface area contributed by atoms with Crippen LogP contribution < -0.4 is 11.1 Å². The molecule has 0 unspecified atom stereocenters. The molecule has 0 fully saturated rings. The van der Waals surface area contributed by atoms with E-state index in [-0.39, 0.29) is 5.91 Å². The van der Waals surface area contributed by atoms with Gasteiger partial charge in [-0.05, 0) is 51.7 Å². The number of amides is 1. The summed E-state index contributed by atoms with van der Waals surface area (Å²) in [6, 6.07) is 4.91. The minimum absolute atomic E-state index is 0.169. The number of hydrogen-bond acceptors (Lipinski definition) is 3. The molecule has 0 heterocycles. The molecule has 0 saturated carbocycles.